The van der Waals surface area contributed by atoms with Crippen molar-refractivity contribution in [1.29, 1.82) is 0 Å². The lowest BCUT2D eigenvalue weighted by molar-refractivity contribution is 0.186. The van der Waals surface area contributed by atoms with Crippen molar-refractivity contribution in [1.82, 2.24) is 4.90 Å². The number of rotatable bonds is 5. The molecule has 120 valence electrons. The third kappa shape index (κ3) is 4.06. The summed E-state index contributed by atoms with van der Waals surface area (Å²) in [6.07, 6.45) is 1.42. The van der Waals surface area contributed by atoms with E-state index in [0.717, 1.165) is 16.9 Å². The number of hydrogen-bond donors (Lipinski definition) is 0. The number of hydrogen-bond acceptors (Lipinski definition) is 4. The Hall–Kier alpha value is -1.91. The van der Waals surface area contributed by atoms with Gasteiger partial charge in [-0.05, 0) is 57.9 Å². The molecule has 0 amide bonds. The molecule has 0 aliphatic carbocycles. The van der Waals surface area contributed by atoms with Gasteiger partial charge in [-0.25, -0.2) is 9.38 Å². The van der Waals surface area contributed by atoms with Gasteiger partial charge >= 0.3 is 0 Å². The van der Waals surface area contributed by atoms with E-state index in [9.17, 15) is 4.39 Å². The molecule has 0 spiro atoms. The highest BCUT2D eigenvalue weighted by Gasteiger charge is 2.32. The zero-order valence-electron chi connectivity index (χ0n) is 13.9. The molecule has 0 saturated carbocycles. The molecule has 2 rings (SSSR count). The van der Waals surface area contributed by atoms with Gasteiger partial charge in [0.15, 0.2) is 5.67 Å². The molecule has 0 fully saturated rings. The van der Waals surface area contributed by atoms with Crippen LogP contribution in [0.5, 0.6) is 5.75 Å². The van der Waals surface area contributed by atoms with Gasteiger partial charge in [0.25, 0.3) is 0 Å². The van der Waals surface area contributed by atoms with Crippen molar-refractivity contribution >= 4 is 12.2 Å². The van der Waals surface area contributed by atoms with Gasteiger partial charge < -0.3 is 9.64 Å². The summed E-state index contributed by atoms with van der Waals surface area (Å²) in [6.45, 7) is 9.95. The molecule has 1 atom stereocenters. The first-order valence-electron chi connectivity index (χ1n) is 7.50. The first-order chi connectivity index (χ1) is 10.3. The third-order valence-corrected chi connectivity index (χ3v) is 3.52. The molecule has 1 aromatic rings. The number of ether oxygens (including phenoxy) is 1. The van der Waals surface area contributed by atoms with Crippen LogP contribution in [0.2, 0.25) is 0 Å². The Labute approximate surface area is 131 Å². The number of amidine groups is 1. The summed E-state index contributed by atoms with van der Waals surface area (Å²) in [5.74, 6) is 1.24. The van der Waals surface area contributed by atoms with Crippen molar-refractivity contribution < 1.29 is 9.13 Å². The van der Waals surface area contributed by atoms with Gasteiger partial charge in [0, 0.05) is 0 Å². The maximum Gasteiger partial charge on any atom is 0.162 e. The Morgan fingerprint density at radius 1 is 1.27 bits per heavy atom. The summed E-state index contributed by atoms with van der Waals surface area (Å²) in [4.78, 5) is 10.1. The van der Waals surface area contributed by atoms with E-state index in [4.69, 9.17) is 4.74 Å². The van der Waals surface area contributed by atoms with Crippen LogP contribution in [0, 0.1) is 13.8 Å². The molecule has 1 aliphatic rings. The van der Waals surface area contributed by atoms with E-state index in [-0.39, 0.29) is 6.04 Å². The number of benzene rings is 1. The van der Waals surface area contributed by atoms with E-state index >= 15 is 0 Å². The summed E-state index contributed by atoms with van der Waals surface area (Å²) in [5.41, 5.74) is 0.829. The Balaban J connectivity index is 2.04. The van der Waals surface area contributed by atoms with Crippen LogP contribution in [0.15, 0.2) is 28.2 Å². The van der Waals surface area contributed by atoms with E-state index in [2.05, 4.69) is 16.1 Å². The molecule has 1 aliphatic heterocycles. The van der Waals surface area contributed by atoms with Crippen LogP contribution >= 0.6 is 0 Å². The van der Waals surface area contributed by atoms with Crippen LogP contribution in [0.4, 0.5) is 4.39 Å². The quantitative estimate of drug-likeness (QED) is 0.834. The molecule has 0 N–H and O–H groups in total. The third-order valence-electron chi connectivity index (χ3n) is 3.52. The minimum atomic E-state index is -1.50. The number of nitrogens with zero attached hydrogens (tertiary/aromatic N) is 3. The zero-order valence-corrected chi connectivity index (χ0v) is 13.9. The second kappa shape index (κ2) is 6.46. The topological polar surface area (TPSA) is 37.2 Å². The van der Waals surface area contributed by atoms with Crippen LogP contribution in [0.25, 0.3) is 0 Å². The summed E-state index contributed by atoms with van der Waals surface area (Å²) < 4.78 is 20.2. The molecule has 0 bridgehead atoms. The van der Waals surface area contributed by atoms with Crippen molar-refractivity contribution in [3.63, 3.8) is 0 Å². The molecule has 0 aromatic heterocycles. The van der Waals surface area contributed by atoms with E-state index in [0.29, 0.717) is 19.1 Å². The predicted molar refractivity (Wildman–Crippen MR) is 88.7 cm³/mol. The lowest BCUT2D eigenvalue weighted by atomic mass is 10.1. The molecule has 5 heteroatoms. The minimum Gasteiger partial charge on any atom is -0.491 e. The van der Waals surface area contributed by atoms with Crippen LogP contribution in [0.1, 0.15) is 31.9 Å². The Bertz CT molecular complexity index is 570. The van der Waals surface area contributed by atoms with Crippen molar-refractivity contribution in [3.8, 4) is 5.75 Å². The van der Waals surface area contributed by atoms with E-state index in [1.807, 2.05) is 37.8 Å². The summed E-state index contributed by atoms with van der Waals surface area (Å²) in [5, 5.41) is 0. The lowest BCUT2D eigenvalue weighted by Crippen LogP contribution is -2.50. The predicted octanol–water partition coefficient (Wildman–Crippen LogP) is 3.52. The maximum atomic E-state index is 14.3. The fraction of sp³-hybridized carbons (Fsp3) is 0.529. The highest BCUT2D eigenvalue weighted by molar-refractivity contribution is 5.96. The summed E-state index contributed by atoms with van der Waals surface area (Å²) in [6, 6.07) is 6.09. The highest BCUT2D eigenvalue weighted by Crippen LogP contribution is 2.20. The van der Waals surface area contributed by atoms with E-state index in [1.54, 1.807) is 0 Å². The molecule has 0 saturated heterocycles. The van der Waals surface area contributed by atoms with Crippen molar-refractivity contribution in [3.05, 3.63) is 29.3 Å². The van der Waals surface area contributed by atoms with E-state index < -0.39 is 5.67 Å². The summed E-state index contributed by atoms with van der Waals surface area (Å²) >= 11 is 0. The SMILES string of the molecule is Cc1cc(C)cc(OCC(C)N2CN=CN=C2C(C)(C)F)c1. The first kappa shape index (κ1) is 16.5. The number of alkyl halides is 1. The number of halogens is 1. The highest BCUT2D eigenvalue weighted by atomic mass is 19.1. The van der Waals surface area contributed by atoms with Gasteiger partial charge in [0.2, 0.25) is 0 Å². The van der Waals surface area contributed by atoms with Gasteiger partial charge in [0.1, 0.15) is 31.2 Å². The molecule has 22 heavy (non-hydrogen) atoms. The maximum absolute atomic E-state index is 14.3. The molecule has 1 aromatic carbocycles. The Morgan fingerprint density at radius 3 is 2.50 bits per heavy atom. The van der Waals surface area contributed by atoms with Crippen LogP contribution < -0.4 is 4.74 Å². The van der Waals surface area contributed by atoms with Gasteiger partial charge in [-0.15, -0.1) is 0 Å². The average molecular weight is 305 g/mol. The largest absolute Gasteiger partial charge is 0.491 e. The normalized spacial score (nSPS) is 16.5. The van der Waals surface area contributed by atoms with Crippen LogP contribution in [-0.2, 0) is 0 Å². The van der Waals surface area contributed by atoms with Crippen molar-refractivity contribution in [2.24, 2.45) is 9.98 Å². The van der Waals surface area contributed by atoms with Crippen LogP contribution in [0.3, 0.4) is 0 Å². The van der Waals surface area contributed by atoms with Gasteiger partial charge in [-0.2, -0.15) is 0 Å². The van der Waals surface area contributed by atoms with Gasteiger partial charge in [0.05, 0.1) is 6.04 Å². The number of aryl methyl sites for hydroxylation is 2. The zero-order chi connectivity index (χ0) is 16.3. The monoisotopic (exact) mass is 305 g/mol. The van der Waals surface area contributed by atoms with Crippen molar-refractivity contribution in [2.75, 3.05) is 13.3 Å². The second-order valence-electron chi connectivity index (χ2n) is 6.32. The molecule has 4 nitrogen and oxygen atoms in total. The fourth-order valence-corrected chi connectivity index (χ4v) is 2.53. The average Bonchev–Trinajstić information content (AvgIpc) is 2.43. The summed E-state index contributed by atoms with van der Waals surface area (Å²) in [7, 11) is 0. The first-order valence-corrected chi connectivity index (χ1v) is 7.50. The van der Waals surface area contributed by atoms with Gasteiger partial charge in [-0.1, -0.05) is 6.07 Å². The smallest absolute Gasteiger partial charge is 0.162 e. The van der Waals surface area contributed by atoms with E-state index in [1.165, 1.54) is 20.2 Å². The minimum absolute atomic E-state index is 0.0213. The lowest BCUT2D eigenvalue weighted by Gasteiger charge is -2.35. The molecule has 0 radical (unpaired) electrons. The van der Waals surface area contributed by atoms with Gasteiger partial charge in [-0.3, -0.25) is 4.99 Å². The molecule has 1 heterocycles. The Morgan fingerprint density at radius 2 is 1.91 bits per heavy atom. The van der Waals surface area contributed by atoms with Crippen molar-refractivity contribution in [2.45, 2.75) is 46.3 Å². The molecular formula is C17H24FN3O. The standard InChI is InChI=1S/C17H24FN3O/c1-12-6-13(2)8-15(7-12)22-9-14(3)21-11-19-10-20-16(21)17(4,5)18/h6-8,10,14H,9,11H2,1-5H3. The second-order valence-corrected chi connectivity index (χ2v) is 6.32. The molecular weight excluding hydrogens is 281 g/mol. The Kier molecular flexibility index (Phi) is 4.84. The fourth-order valence-electron chi connectivity index (χ4n) is 2.53. The van der Waals surface area contributed by atoms with Crippen LogP contribution in [-0.4, -0.2) is 42.1 Å². The number of aliphatic imine (C=N–C) groups is 2. The molecule has 1 unspecified atom stereocenters.